The number of ether oxygens (including phenoxy) is 3. The summed E-state index contributed by atoms with van der Waals surface area (Å²) in [5, 5.41) is 26.4. The second-order valence-corrected chi connectivity index (χ2v) is 9.60. The molecule has 2 aliphatic heterocycles. The number of hydrogen-bond acceptors (Lipinski definition) is 10. The molecule has 2 amide bonds. The van der Waals surface area contributed by atoms with Crippen LogP contribution in [0.25, 0.3) is 0 Å². The summed E-state index contributed by atoms with van der Waals surface area (Å²) >= 11 is 0. The zero-order valence-corrected chi connectivity index (χ0v) is 21.5. The largest absolute Gasteiger partial charge is 0.505 e. The van der Waals surface area contributed by atoms with Crippen molar-refractivity contribution >= 4 is 23.8 Å². The van der Waals surface area contributed by atoms with Crippen LogP contribution < -0.4 is 10.6 Å². The van der Waals surface area contributed by atoms with Gasteiger partial charge in [-0.25, -0.2) is 9.78 Å². The first-order valence-electron chi connectivity index (χ1n) is 12.7. The molecule has 7 atom stereocenters. The molecular formula is C27H31N3O9. The van der Waals surface area contributed by atoms with E-state index < -0.39 is 71.9 Å². The highest BCUT2D eigenvalue weighted by Crippen LogP contribution is 2.24. The fraction of sp³-hybridized carbons (Fsp3) is 0.444. The predicted octanol–water partition coefficient (Wildman–Crippen LogP) is 0.256. The van der Waals surface area contributed by atoms with Crippen LogP contribution in [0.4, 0.5) is 0 Å². The van der Waals surface area contributed by atoms with E-state index in [4.69, 9.17) is 14.2 Å². The van der Waals surface area contributed by atoms with E-state index in [1.165, 1.54) is 32.2 Å². The van der Waals surface area contributed by atoms with Gasteiger partial charge in [-0.3, -0.25) is 14.4 Å². The highest BCUT2D eigenvalue weighted by molar-refractivity contribution is 5.98. The molecule has 12 heteroatoms. The molecule has 39 heavy (non-hydrogen) atoms. The van der Waals surface area contributed by atoms with E-state index in [-0.39, 0.29) is 12.1 Å². The third kappa shape index (κ3) is 6.52. The van der Waals surface area contributed by atoms with Crippen molar-refractivity contribution in [3.8, 4) is 5.75 Å². The lowest BCUT2D eigenvalue weighted by molar-refractivity contribution is -0.198. The predicted molar refractivity (Wildman–Crippen MR) is 134 cm³/mol. The number of esters is 2. The number of carbonyl (C=O) groups excluding carboxylic acids is 4. The van der Waals surface area contributed by atoms with Crippen LogP contribution in [-0.4, -0.2) is 82.1 Å². The van der Waals surface area contributed by atoms with Gasteiger partial charge in [0.15, 0.2) is 5.69 Å². The van der Waals surface area contributed by atoms with Gasteiger partial charge in [-0.05, 0) is 38.0 Å². The number of benzene rings is 1. The van der Waals surface area contributed by atoms with Gasteiger partial charge >= 0.3 is 11.9 Å². The molecule has 0 aliphatic carbocycles. The fourth-order valence-electron chi connectivity index (χ4n) is 4.38. The Morgan fingerprint density at radius 1 is 1.08 bits per heavy atom. The van der Waals surface area contributed by atoms with E-state index in [9.17, 15) is 29.4 Å². The number of nitrogens with one attached hydrogen (secondary N) is 2. The van der Waals surface area contributed by atoms with Crippen molar-refractivity contribution in [1.82, 2.24) is 15.6 Å². The standard InChI is InChI=1S/C27H31N3O9/c1-14-22(32)17(13-16-7-4-3-5-8-16)29-24(33)20(30-25(34)21-18(31)9-6-11-28-21)15(2)38-27(36)23(39-26(14)35)19-10-12-37-19/h3-9,11,14-15,17,19-20,22-23,31-32H,10,12-13H2,1-2H3,(H,29,33)(H,30,34)/t14-,15-,17+,19?,20+,22+,23?/m1/s1. The molecule has 12 nitrogen and oxygen atoms in total. The summed E-state index contributed by atoms with van der Waals surface area (Å²) in [7, 11) is 0. The minimum Gasteiger partial charge on any atom is -0.505 e. The van der Waals surface area contributed by atoms with E-state index in [2.05, 4.69) is 15.6 Å². The molecule has 2 aromatic rings. The van der Waals surface area contributed by atoms with Crippen molar-refractivity contribution in [3.63, 3.8) is 0 Å². The van der Waals surface area contributed by atoms with Crippen molar-refractivity contribution < 1.29 is 43.6 Å². The maximum Gasteiger partial charge on any atom is 0.350 e. The molecule has 0 spiro atoms. The number of amides is 2. The summed E-state index contributed by atoms with van der Waals surface area (Å²) in [6.07, 6.45) is -2.94. The summed E-state index contributed by atoms with van der Waals surface area (Å²) in [6.45, 7) is 3.18. The van der Waals surface area contributed by atoms with Crippen molar-refractivity contribution in [2.24, 2.45) is 5.92 Å². The summed E-state index contributed by atoms with van der Waals surface area (Å²) < 4.78 is 16.3. The van der Waals surface area contributed by atoms with E-state index >= 15 is 0 Å². The molecule has 1 aromatic carbocycles. The van der Waals surface area contributed by atoms with Crippen LogP contribution >= 0.6 is 0 Å². The average Bonchev–Trinajstić information content (AvgIpc) is 2.89. The number of pyridine rings is 1. The van der Waals surface area contributed by atoms with E-state index in [0.29, 0.717) is 13.0 Å². The Labute approximate surface area is 224 Å². The van der Waals surface area contributed by atoms with Gasteiger partial charge in [-0.2, -0.15) is 0 Å². The topological polar surface area (TPSA) is 173 Å². The molecule has 2 aliphatic rings. The minimum atomic E-state index is -1.46. The minimum absolute atomic E-state index is 0.149. The number of aliphatic hydroxyl groups excluding tert-OH is 1. The van der Waals surface area contributed by atoms with Crippen LogP contribution in [0.5, 0.6) is 5.75 Å². The van der Waals surface area contributed by atoms with Crippen molar-refractivity contribution in [2.45, 2.75) is 63.2 Å². The SMILES string of the molecule is C[C@H]1OC(=O)C(C2CCO2)OC(=O)[C@H](C)[C@H](O)[C@H](Cc2ccccc2)NC(=O)[C@H]1NC(=O)c1ncccc1O. The number of cyclic esters (lactones) is 2. The molecule has 4 rings (SSSR count). The molecule has 0 bridgehead atoms. The zero-order chi connectivity index (χ0) is 28.1. The number of carbonyl (C=O) groups is 4. The van der Waals surface area contributed by atoms with E-state index in [1.807, 2.05) is 6.07 Å². The second kappa shape index (κ2) is 12.2. The van der Waals surface area contributed by atoms with Crippen molar-refractivity contribution in [2.75, 3.05) is 6.61 Å². The van der Waals surface area contributed by atoms with E-state index in [1.54, 1.807) is 24.3 Å². The maximum atomic E-state index is 13.6. The smallest absolute Gasteiger partial charge is 0.350 e. The van der Waals surface area contributed by atoms with Crippen LogP contribution in [-0.2, 0) is 35.0 Å². The van der Waals surface area contributed by atoms with Gasteiger partial charge < -0.3 is 35.1 Å². The number of aromatic hydroxyl groups is 1. The Bertz CT molecular complexity index is 1200. The van der Waals surface area contributed by atoms with Gasteiger partial charge in [0.25, 0.3) is 5.91 Å². The zero-order valence-electron chi connectivity index (χ0n) is 21.5. The summed E-state index contributed by atoms with van der Waals surface area (Å²) in [6, 6.07) is 9.26. The first-order valence-corrected chi connectivity index (χ1v) is 12.7. The highest BCUT2D eigenvalue weighted by atomic mass is 16.6. The molecule has 208 valence electrons. The highest BCUT2D eigenvalue weighted by Gasteiger charge is 2.44. The Hall–Kier alpha value is -4.03. The molecule has 0 radical (unpaired) electrons. The van der Waals surface area contributed by atoms with Crippen molar-refractivity contribution in [1.29, 1.82) is 0 Å². The Morgan fingerprint density at radius 3 is 2.44 bits per heavy atom. The molecule has 0 saturated carbocycles. The second-order valence-electron chi connectivity index (χ2n) is 9.60. The number of rotatable bonds is 5. The summed E-state index contributed by atoms with van der Waals surface area (Å²) in [4.78, 5) is 56.4. The lowest BCUT2D eigenvalue weighted by Gasteiger charge is -2.36. The van der Waals surface area contributed by atoms with E-state index in [0.717, 1.165) is 5.56 Å². The third-order valence-electron chi connectivity index (χ3n) is 6.81. The van der Waals surface area contributed by atoms with Gasteiger partial charge in [-0.15, -0.1) is 0 Å². The lowest BCUT2D eigenvalue weighted by atomic mass is 9.92. The molecule has 2 saturated heterocycles. The van der Waals surface area contributed by atoms with Gasteiger partial charge in [0, 0.05) is 19.2 Å². The summed E-state index contributed by atoms with van der Waals surface area (Å²) in [5.41, 5.74) is 0.438. The van der Waals surface area contributed by atoms with Crippen LogP contribution in [0.1, 0.15) is 36.3 Å². The Balaban J connectivity index is 1.67. The third-order valence-corrected chi connectivity index (χ3v) is 6.81. The normalized spacial score (nSPS) is 29.9. The van der Waals surface area contributed by atoms with Crippen LogP contribution in [0.3, 0.4) is 0 Å². The molecule has 3 heterocycles. The van der Waals surface area contributed by atoms with Crippen molar-refractivity contribution in [3.05, 3.63) is 59.9 Å². The first-order chi connectivity index (χ1) is 18.7. The number of aromatic nitrogens is 1. The van der Waals surface area contributed by atoms with Gasteiger partial charge in [0.05, 0.1) is 18.1 Å². The first kappa shape index (κ1) is 28.0. The quantitative estimate of drug-likeness (QED) is 0.385. The Kier molecular flexibility index (Phi) is 8.77. The van der Waals surface area contributed by atoms with Gasteiger partial charge in [-0.1, -0.05) is 30.3 Å². The molecular weight excluding hydrogens is 510 g/mol. The lowest BCUT2D eigenvalue weighted by Crippen LogP contribution is -2.60. The number of nitrogens with zero attached hydrogens (tertiary/aromatic N) is 1. The molecule has 2 fully saturated rings. The monoisotopic (exact) mass is 541 g/mol. The fourth-order valence-corrected chi connectivity index (χ4v) is 4.38. The van der Waals surface area contributed by atoms with Crippen LogP contribution in [0.15, 0.2) is 48.7 Å². The number of aliphatic hydroxyl groups is 1. The molecule has 2 unspecified atom stereocenters. The number of hydrogen-bond donors (Lipinski definition) is 4. The maximum absolute atomic E-state index is 13.6. The molecule has 1 aromatic heterocycles. The van der Waals surface area contributed by atoms with Crippen LogP contribution in [0, 0.1) is 5.92 Å². The van der Waals surface area contributed by atoms with Gasteiger partial charge in [0.2, 0.25) is 12.0 Å². The average molecular weight is 542 g/mol. The van der Waals surface area contributed by atoms with Crippen LogP contribution in [0.2, 0.25) is 0 Å². The van der Waals surface area contributed by atoms with Gasteiger partial charge in [0.1, 0.15) is 24.0 Å². The summed E-state index contributed by atoms with van der Waals surface area (Å²) in [5.74, 6) is -5.02. The molecule has 4 N–H and O–H groups in total. The Morgan fingerprint density at radius 2 is 1.79 bits per heavy atom.